The molecule has 0 unspecified atom stereocenters. The molecular weight excluding hydrogens is 183 g/mol. The van der Waals surface area contributed by atoms with Crippen molar-refractivity contribution in [2.24, 2.45) is 0 Å². The fourth-order valence-electron chi connectivity index (χ4n) is 1.17. The molecule has 2 aromatic rings. The zero-order chi connectivity index (χ0) is 9.84. The van der Waals surface area contributed by atoms with Crippen molar-refractivity contribution in [1.82, 2.24) is 0 Å². The molecule has 70 valence electrons. The molecule has 0 radical (unpaired) electrons. The number of fused-ring (bicyclic) bond motifs is 1. The molecule has 0 saturated heterocycles. The summed E-state index contributed by atoms with van der Waals surface area (Å²) in [5, 5.41) is 2.95. The standard InChI is InChI=1S/C9H7FS.C2H6/c1-6-2-3-8(10)9-7(6)4-5-11-9;1-2/h2-5H,1H3;1-2H3. The summed E-state index contributed by atoms with van der Waals surface area (Å²) < 4.78 is 13.8. The minimum atomic E-state index is -0.111. The molecule has 0 aliphatic carbocycles. The van der Waals surface area contributed by atoms with Crippen LogP contribution in [0.15, 0.2) is 23.6 Å². The predicted octanol–water partition coefficient (Wildman–Crippen LogP) is 4.38. The maximum absolute atomic E-state index is 13.0. The van der Waals surface area contributed by atoms with Crippen LogP contribution in [-0.2, 0) is 0 Å². The lowest BCUT2D eigenvalue weighted by Gasteiger charge is -1.95. The number of aryl methyl sites for hydroxylation is 1. The smallest absolute Gasteiger partial charge is 0.141 e. The van der Waals surface area contributed by atoms with Gasteiger partial charge in [-0.1, -0.05) is 19.9 Å². The molecule has 0 fully saturated rings. The van der Waals surface area contributed by atoms with Crippen molar-refractivity contribution in [2.75, 3.05) is 0 Å². The third-order valence-electron chi connectivity index (χ3n) is 1.79. The predicted molar refractivity (Wildman–Crippen MR) is 57.9 cm³/mol. The normalized spacial score (nSPS) is 9.54. The Morgan fingerprint density at radius 3 is 2.46 bits per heavy atom. The number of hydrogen-bond acceptors (Lipinski definition) is 1. The first kappa shape index (κ1) is 10.2. The van der Waals surface area contributed by atoms with E-state index < -0.39 is 0 Å². The molecule has 1 aromatic heterocycles. The van der Waals surface area contributed by atoms with Gasteiger partial charge in [0.05, 0.1) is 4.70 Å². The van der Waals surface area contributed by atoms with Gasteiger partial charge in [0.2, 0.25) is 0 Å². The zero-order valence-corrected chi connectivity index (χ0v) is 8.91. The highest BCUT2D eigenvalue weighted by molar-refractivity contribution is 7.17. The van der Waals surface area contributed by atoms with E-state index in [0.29, 0.717) is 0 Å². The van der Waals surface area contributed by atoms with Crippen molar-refractivity contribution in [3.05, 3.63) is 35.0 Å². The molecule has 0 nitrogen and oxygen atoms in total. The first-order valence-electron chi connectivity index (χ1n) is 4.41. The Hall–Kier alpha value is -0.890. The van der Waals surface area contributed by atoms with Crippen LogP contribution in [0.3, 0.4) is 0 Å². The summed E-state index contributed by atoms with van der Waals surface area (Å²) in [6, 6.07) is 5.29. The van der Waals surface area contributed by atoms with Crippen LogP contribution in [0.4, 0.5) is 4.39 Å². The minimum absolute atomic E-state index is 0.111. The van der Waals surface area contributed by atoms with E-state index in [0.717, 1.165) is 15.6 Å². The molecule has 0 aliphatic rings. The molecule has 0 N–H and O–H groups in total. The Labute approximate surface area is 82.0 Å². The second kappa shape index (κ2) is 4.38. The van der Waals surface area contributed by atoms with Crippen LogP contribution in [0, 0.1) is 12.7 Å². The van der Waals surface area contributed by atoms with Gasteiger partial charge in [0.1, 0.15) is 5.82 Å². The summed E-state index contributed by atoms with van der Waals surface area (Å²) in [5.41, 5.74) is 1.14. The lowest BCUT2D eigenvalue weighted by molar-refractivity contribution is 0.641. The summed E-state index contributed by atoms with van der Waals surface area (Å²) in [6.07, 6.45) is 0. The van der Waals surface area contributed by atoms with Gasteiger partial charge in [-0.2, -0.15) is 0 Å². The van der Waals surface area contributed by atoms with Crippen LogP contribution in [0.2, 0.25) is 0 Å². The SMILES string of the molecule is CC.Cc1ccc(F)c2sccc12. The van der Waals surface area contributed by atoms with E-state index >= 15 is 0 Å². The summed E-state index contributed by atoms with van der Waals surface area (Å²) >= 11 is 1.45. The largest absolute Gasteiger partial charge is 0.205 e. The highest BCUT2D eigenvalue weighted by atomic mass is 32.1. The van der Waals surface area contributed by atoms with E-state index in [2.05, 4.69) is 0 Å². The number of thiophene rings is 1. The maximum Gasteiger partial charge on any atom is 0.141 e. The van der Waals surface area contributed by atoms with Crippen LogP contribution in [-0.4, -0.2) is 0 Å². The average Bonchev–Trinajstić information content (AvgIpc) is 2.64. The van der Waals surface area contributed by atoms with Gasteiger partial charge in [-0.05, 0) is 35.4 Å². The van der Waals surface area contributed by atoms with E-state index in [9.17, 15) is 4.39 Å². The quantitative estimate of drug-likeness (QED) is 0.586. The Morgan fingerprint density at radius 1 is 1.15 bits per heavy atom. The molecule has 2 rings (SSSR count). The van der Waals surface area contributed by atoms with E-state index in [1.807, 2.05) is 38.3 Å². The van der Waals surface area contributed by atoms with E-state index in [4.69, 9.17) is 0 Å². The first-order chi connectivity index (χ1) is 6.29. The van der Waals surface area contributed by atoms with Crippen molar-refractivity contribution in [1.29, 1.82) is 0 Å². The molecule has 2 heteroatoms. The molecule has 0 saturated carbocycles. The molecule has 0 bridgehead atoms. The molecule has 1 heterocycles. The van der Waals surface area contributed by atoms with Crippen molar-refractivity contribution in [2.45, 2.75) is 20.8 Å². The highest BCUT2D eigenvalue weighted by Crippen LogP contribution is 2.26. The number of rotatable bonds is 0. The Morgan fingerprint density at radius 2 is 1.85 bits per heavy atom. The van der Waals surface area contributed by atoms with Gasteiger partial charge in [0.15, 0.2) is 0 Å². The third-order valence-corrected chi connectivity index (χ3v) is 2.71. The molecule has 0 atom stereocenters. The lowest BCUT2D eigenvalue weighted by Crippen LogP contribution is -1.76. The second-order valence-electron chi connectivity index (χ2n) is 2.53. The van der Waals surface area contributed by atoms with Crippen molar-refractivity contribution in [3.63, 3.8) is 0 Å². The molecule has 0 aliphatic heterocycles. The second-order valence-corrected chi connectivity index (χ2v) is 3.44. The van der Waals surface area contributed by atoms with E-state index in [-0.39, 0.29) is 5.82 Å². The number of halogens is 1. The first-order valence-corrected chi connectivity index (χ1v) is 5.29. The van der Waals surface area contributed by atoms with Crippen LogP contribution < -0.4 is 0 Å². The Balaban J connectivity index is 0.000000396. The molecule has 1 aromatic carbocycles. The topological polar surface area (TPSA) is 0 Å². The summed E-state index contributed by atoms with van der Waals surface area (Å²) in [7, 11) is 0. The average molecular weight is 196 g/mol. The lowest BCUT2D eigenvalue weighted by atomic mass is 10.1. The van der Waals surface area contributed by atoms with Gasteiger partial charge in [0.25, 0.3) is 0 Å². The van der Waals surface area contributed by atoms with Gasteiger partial charge in [0, 0.05) is 0 Å². The monoisotopic (exact) mass is 196 g/mol. The van der Waals surface area contributed by atoms with Gasteiger partial charge in [-0.3, -0.25) is 0 Å². The van der Waals surface area contributed by atoms with Gasteiger partial charge >= 0.3 is 0 Å². The maximum atomic E-state index is 13.0. The molecular formula is C11H13FS. The summed E-state index contributed by atoms with van der Waals surface area (Å²) in [5.74, 6) is -0.111. The fourth-order valence-corrected chi connectivity index (χ4v) is 2.05. The molecule has 0 amide bonds. The minimum Gasteiger partial charge on any atom is -0.205 e. The van der Waals surface area contributed by atoms with Crippen molar-refractivity contribution < 1.29 is 4.39 Å². The third kappa shape index (κ3) is 1.89. The zero-order valence-electron chi connectivity index (χ0n) is 8.10. The van der Waals surface area contributed by atoms with Crippen molar-refractivity contribution in [3.8, 4) is 0 Å². The Kier molecular flexibility index (Phi) is 3.43. The van der Waals surface area contributed by atoms with Gasteiger partial charge in [-0.25, -0.2) is 4.39 Å². The van der Waals surface area contributed by atoms with Crippen LogP contribution in [0.5, 0.6) is 0 Å². The fraction of sp³-hybridized carbons (Fsp3) is 0.273. The summed E-state index contributed by atoms with van der Waals surface area (Å²) in [4.78, 5) is 0. The van der Waals surface area contributed by atoms with Crippen LogP contribution >= 0.6 is 11.3 Å². The molecule has 13 heavy (non-hydrogen) atoms. The van der Waals surface area contributed by atoms with Gasteiger partial charge in [-0.15, -0.1) is 11.3 Å². The van der Waals surface area contributed by atoms with Crippen molar-refractivity contribution >= 4 is 21.4 Å². The summed E-state index contributed by atoms with van der Waals surface area (Å²) in [6.45, 7) is 5.99. The number of benzene rings is 1. The van der Waals surface area contributed by atoms with E-state index in [1.165, 1.54) is 17.4 Å². The van der Waals surface area contributed by atoms with Crippen LogP contribution in [0.1, 0.15) is 19.4 Å². The van der Waals surface area contributed by atoms with E-state index in [1.54, 1.807) is 0 Å². The molecule has 0 spiro atoms. The highest BCUT2D eigenvalue weighted by Gasteiger charge is 2.02. The Bertz CT molecular complexity index is 354. The van der Waals surface area contributed by atoms with Gasteiger partial charge < -0.3 is 0 Å². The van der Waals surface area contributed by atoms with Crippen LogP contribution in [0.25, 0.3) is 10.1 Å². The number of hydrogen-bond donors (Lipinski definition) is 0.